The van der Waals surface area contributed by atoms with Gasteiger partial charge in [-0.15, -0.1) is 0 Å². The van der Waals surface area contributed by atoms with Crippen molar-refractivity contribution >= 4 is 10.0 Å². The van der Waals surface area contributed by atoms with Crippen LogP contribution in [0.15, 0.2) is 29.2 Å². The van der Waals surface area contributed by atoms with Crippen LogP contribution in [0.2, 0.25) is 0 Å². The van der Waals surface area contributed by atoms with E-state index in [0.717, 1.165) is 9.87 Å². The molecule has 0 amide bonds. The van der Waals surface area contributed by atoms with Crippen LogP contribution in [0.25, 0.3) is 0 Å². The number of hydrogen-bond donors (Lipinski definition) is 2. The van der Waals surface area contributed by atoms with Gasteiger partial charge in [0.25, 0.3) is 0 Å². The van der Waals surface area contributed by atoms with Crippen molar-refractivity contribution in [1.82, 2.24) is 4.31 Å². The van der Waals surface area contributed by atoms with Gasteiger partial charge in [-0.3, -0.25) is 0 Å². The maximum atomic E-state index is 12.5. The zero-order valence-electron chi connectivity index (χ0n) is 11.7. The van der Waals surface area contributed by atoms with Crippen LogP contribution in [0.4, 0.5) is 0 Å². The Hall–Kier alpha value is -1.83. The van der Waals surface area contributed by atoms with E-state index in [0.29, 0.717) is 0 Å². The number of aryl methyl sites for hydroxylation is 1. The quantitative estimate of drug-likeness (QED) is 0.766. The highest BCUT2D eigenvalue weighted by Gasteiger charge is 2.22. The van der Waals surface area contributed by atoms with Gasteiger partial charge in [0.05, 0.1) is 18.0 Å². The Kier molecular flexibility index (Phi) is 6.93. The lowest BCUT2D eigenvalue weighted by atomic mass is 10.2. The van der Waals surface area contributed by atoms with Crippen molar-refractivity contribution in [1.29, 1.82) is 0 Å². The Balaban J connectivity index is 3.06. The lowest BCUT2D eigenvalue weighted by Gasteiger charge is -2.17. The second-order valence-corrected chi connectivity index (χ2v) is 6.05. The molecule has 0 saturated carbocycles. The van der Waals surface area contributed by atoms with E-state index in [2.05, 4.69) is 23.7 Å². The molecule has 2 N–H and O–H groups in total. The van der Waals surface area contributed by atoms with Crippen LogP contribution in [-0.4, -0.2) is 49.2 Å². The number of nitrogens with zero attached hydrogens (tertiary/aromatic N) is 1. The first-order valence-corrected chi connectivity index (χ1v) is 7.66. The van der Waals surface area contributed by atoms with Gasteiger partial charge in [-0.25, -0.2) is 8.42 Å². The third-order valence-electron chi connectivity index (χ3n) is 2.58. The fourth-order valence-electron chi connectivity index (χ4n) is 1.49. The van der Waals surface area contributed by atoms with Crippen molar-refractivity contribution in [2.24, 2.45) is 0 Å². The molecule has 6 heteroatoms. The molecule has 0 aromatic heterocycles. The van der Waals surface area contributed by atoms with Crippen LogP contribution >= 0.6 is 0 Å². The molecular formula is C15H17NO4S. The fourth-order valence-corrected chi connectivity index (χ4v) is 2.73. The summed E-state index contributed by atoms with van der Waals surface area (Å²) < 4.78 is 26.1. The van der Waals surface area contributed by atoms with E-state index >= 15 is 0 Å². The van der Waals surface area contributed by atoms with Crippen LogP contribution in [-0.2, 0) is 10.0 Å². The molecule has 5 nitrogen and oxygen atoms in total. The van der Waals surface area contributed by atoms with Crippen LogP contribution in [0.5, 0.6) is 0 Å². The average Bonchev–Trinajstić information content (AvgIpc) is 2.46. The summed E-state index contributed by atoms with van der Waals surface area (Å²) in [5.74, 6) is 9.94. The molecule has 0 atom stereocenters. The first kappa shape index (κ1) is 17.2. The van der Waals surface area contributed by atoms with Gasteiger partial charge >= 0.3 is 0 Å². The molecule has 1 aromatic rings. The average molecular weight is 307 g/mol. The second kappa shape index (κ2) is 8.46. The predicted octanol–water partition coefficient (Wildman–Crippen LogP) is -0.0229. The SMILES string of the molecule is Cc1ccc(S(=O)(=O)N(CC#CCO)CC#CCO)cc1. The number of rotatable bonds is 4. The third kappa shape index (κ3) is 5.22. The molecule has 0 unspecified atom stereocenters. The summed E-state index contributed by atoms with van der Waals surface area (Å²) in [6.07, 6.45) is 0. The molecule has 112 valence electrons. The first-order valence-electron chi connectivity index (χ1n) is 6.22. The molecule has 0 aliphatic heterocycles. The van der Waals surface area contributed by atoms with Crippen molar-refractivity contribution in [3.05, 3.63) is 29.8 Å². The van der Waals surface area contributed by atoms with Gasteiger partial charge in [0.15, 0.2) is 0 Å². The number of benzene rings is 1. The summed E-state index contributed by atoms with van der Waals surface area (Å²) in [7, 11) is -3.71. The summed E-state index contributed by atoms with van der Waals surface area (Å²) in [5.41, 5.74) is 0.959. The van der Waals surface area contributed by atoms with Crippen LogP contribution in [0, 0.1) is 30.6 Å². The van der Waals surface area contributed by atoms with Crippen LogP contribution < -0.4 is 0 Å². The number of hydrogen-bond acceptors (Lipinski definition) is 4. The monoisotopic (exact) mass is 307 g/mol. The Morgan fingerprint density at radius 3 is 1.86 bits per heavy atom. The summed E-state index contributed by atoms with van der Waals surface area (Å²) in [6, 6.07) is 6.47. The molecule has 0 aliphatic rings. The van der Waals surface area contributed by atoms with Crippen molar-refractivity contribution in [2.75, 3.05) is 26.3 Å². The maximum Gasteiger partial charge on any atom is 0.244 e. The Bertz CT molecular complexity index is 648. The predicted molar refractivity (Wildman–Crippen MR) is 79.7 cm³/mol. The van der Waals surface area contributed by atoms with E-state index in [4.69, 9.17) is 10.2 Å². The molecule has 1 rings (SSSR count). The second-order valence-electron chi connectivity index (χ2n) is 4.11. The van der Waals surface area contributed by atoms with E-state index in [9.17, 15) is 8.42 Å². The van der Waals surface area contributed by atoms with Crippen molar-refractivity contribution in [3.8, 4) is 23.7 Å². The summed E-state index contributed by atoms with van der Waals surface area (Å²) >= 11 is 0. The van der Waals surface area contributed by atoms with Gasteiger partial charge in [-0.2, -0.15) is 4.31 Å². The molecule has 0 saturated heterocycles. The minimum Gasteiger partial charge on any atom is -0.384 e. The van der Waals surface area contributed by atoms with Crippen molar-refractivity contribution < 1.29 is 18.6 Å². The van der Waals surface area contributed by atoms with E-state index < -0.39 is 10.0 Å². The van der Waals surface area contributed by atoms with Gasteiger partial charge in [0.1, 0.15) is 13.2 Å². The topological polar surface area (TPSA) is 77.8 Å². The van der Waals surface area contributed by atoms with Crippen LogP contribution in [0.3, 0.4) is 0 Å². The zero-order chi connectivity index (χ0) is 15.7. The molecule has 0 radical (unpaired) electrons. The Morgan fingerprint density at radius 2 is 1.43 bits per heavy atom. The van der Waals surface area contributed by atoms with Crippen LogP contribution in [0.1, 0.15) is 5.56 Å². The highest BCUT2D eigenvalue weighted by molar-refractivity contribution is 7.89. The van der Waals surface area contributed by atoms with Gasteiger partial charge in [-0.05, 0) is 19.1 Å². The molecule has 0 bridgehead atoms. The molecule has 0 fully saturated rings. The van der Waals surface area contributed by atoms with Gasteiger partial charge in [0, 0.05) is 0 Å². The normalized spacial score (nSPS) is 10.5. The summed E-state index contributed by atoms with van der Waals surface area (Å²) in [4.78, 5) is 0.157. The van der Waals surface area contributed by atoms with E-state index in [1.807, 2.05) is 6.92 Å². The summed E-state index contributed by atoms with van der Waals surface area (Å²) in [6.45, 7) is 1.06. The fraction of sp³-hybridized carbons (Fsp3) is 0.333. The minimum atomic E-state index is -3.71. The number of aliphatic hydroxyl groups is 2. The lowest BCUT2D eigenvalue weighted by molar-refractivity contribution is 0.350. The molecule has 0 spiro atoms. The van der Waals surface area contributed by atoms with Crippen molar-refractivity contribution in [2.45, 2.75) is 11.8 Å². The molecular weight excluding hydrogens is 290 g/mol. The van der Waals surface area contributed by atoms with E-state index in [-0.39, 0.29) is 31.2 Å². The maximum absolute atomic E-state index is 12.5. The third-order valence-corrected chi connectivity index (χ3v) is 4.38. The standard InChI is InChI=1S/C15H17NO4S/c1-14-6-8-15(9-7-14)21(19,20)16(10-2-4-12-17)11-3-5-13-18/h6-9,17-18H,10-13H2,1H3. The highest BCUT2D eigenvalue weighted by Crippen LogP contribution is 2.15. The van der Waals surface area contributed by atoms with E-state index in [1.54, 1.807) is 12.1 Å². The molecule has 0 aliphatic carbocycles. The van der Waals surface area contributed by atoms with Gasteiger partial charge < -0.3 is 10.2 Å². The molecule has 1 aromatic carbocycles. The Labute approximate surface area is 125 Å². The highest BCUT2D eigenvalue weighted by atomic mass is 32.2. The Morgan fingerprint density at radius 1 is 0.952 bits per heavy atom. The number of sulfonamides is 1. The van der Waals surface area contributed by atoms with Crippen molar-refractivity contribution in [3.63, 3.8) is 0 Å². The van der Waals surface area contributed by atoms with Gasteiger partial charge in [0.2, 0.25) is 10.0 Å². The number of aliphatic hydroxyl groups excluding tert-OH is 2. The summed E-state index contributed by atoms with van der Waals surface area (Å²) in [5, 5.41) is 17.3. The zero-order valence-corrected chi connectivity index (χ0v) is 12.5. The lowest BCUT2D eigenvalue weighted by Crippen LogP contribution is -2.32. The minimum absolute atomic E-state index is 0.0725. The smallest absolute Gasteiger partial charge is 0.244 e. The first-order chi connectivity index (χ1) is 10.0. The molecule has 0 heterocycles. The van der Waals surface area contributed by atoms with Gasteiger partial charge in [-0.1, -0.05) is 41.4 Å². The van der Waals surface area contributed by atoms with E-state index in [1.165, 1.54) is 12.1 Å². The largest absolute Gasteiger partial charge is 0.384 e. The molecule has 21 heavy (non-hydrogen) atoms.